The van der Waals surface area contributed by atoms with Crippen molar-refractivity contribution in [2.75, 3.05) is 12.3 Å². The highest BCUT2D eigenvalue weighted by Gasteiger charge is 2.24. The molecule has 4 heteroatoms. The van der Waals surface area contributed by atoms with Crippen LogP contribution < -0.4 is 10.5 Å². The number of halogens is 1. The van der Waals surface area contributed by atoms with Crippen molar-refractivity contribution in [1.82, 2.24) is 0 Å². The summed E-state index contributed by atoms with van der Waals surface area (Å²) in [5.41, 5.74) is 7.98. The third-order valence-electron chi connectivity index (χ3n) is 3.83. The first-order valence-corrected chi connectivity index (χ1v) is 7.33. The Balaban J connectivity index is 1.83. The summed E-state index contributed by atoms with van der Waals surface area (Å²) in [6.07, 6.45) is 1.28. The summed E-state index contributed by atoms with van der Waals surface area (Å²) in [6, 6.07) is 12.9. The maximum atomic E-state index is 12.5. The zero-order valence-corrected chi connectivity index (χ0v) is 12.3. The summed E-state index contributed by atoms with van der Waals surface area (Å²) in [7, 11) is 0. The summed E-state index contributed by atoms with van der Waals surface area (Å²) >= 11 is 5.87. The first-order chi connectivity index (χ1) is 10.1. The number of hydrogen-bond acceptors (Lipinski definition) is 3. The van der Waals surface area contributed by atoms with Gasteiger partial charge < -0.3 is 10.5 Å². The molecule has 1 unspecified atom stereocenters. The number of benzene rings is 2. The normalized spacial score (nSPS) is 16.9. The molecule has 108 valence electrons. The van der Waals surface area contributed by atoms with Gasteiger partial charge in [0.25, 0.3) is 0 Å². The lowest BCUT2D eigenvalue weighted by Crippen LogP contribution is -2.17. The summed E-state index contributed by atoms with van der Waals surface area (Å²) in [5.74, 6) is 1.11. The Hall–Kier alpha value is -2.00. The summed E-state index contributed by atoms with van der Waals surface area (Å²) in [5, 5.41) is 0.542. The Morgan fingerprint density at radius 3 is 2.90 bits per heavy atom. The smallest absolute Gasteiger partial charge is 0.165 e. The van der Waals surface area contributed by atoms with Crippen LogP contribution >= 0.6 is 11.6 Å². The maximum absolute atomic E-state index is 12.5. The van der Waals surface area contributed by atoms with Crippen molar-refractivity contribution in [2.24, 2.45) is 0 Å². The molecule has 0 fully saturated rings. The summed E-state index contributed by atoms with van der Waals surface area (Å²) in [6.45, 7) is 0.644. The number of ketones is 1. The Kier molecular flexibility index (Phi) is 3.84. The number of carbonyl (C=O) groups is 1. The predicted octanol–water partition coefficient (Wildman–Crippen LogP) is 4.06. The fourth-order valence-corrected chi connectivity index (χ4v) is 2.93. The van der Waals surface area contributed by atoms with Gasteiger partial charge in [-0.05, 0) is 42.2 Å². The predicted molar refractivity (Wildman–Crippen MR) is 84.1 cm³/mol. The van der Waals surface area contributed by atoms with E-state index in [1.54, 1.807) is 18.2 Å². The van der Waals surface area contributed by atoms with Crippen LogP contribution in [0.4, 0.5) is 5.69 Å². The van der Waals surface area contributed by atoms with Crippen molar-refractivity contribution in [2.45, 2.75) is 18.8 Å². The first kappa shape index (κ1) is 14.0. The summed E-state index contributed by atoms with van der Waals surface area (Å²) < 4.78 is 5.63. The fourth-order valence-electron chi connectivity index (χ4n) is 2.75. The van der Waals surface area contributed by atoms with Gasteiger partial charge in [-0.25, -0.2) is 0 Å². The molecule has 0 aliphatic carbocycles. The molecule has 21 heavy (non-hydrogen) atoms. The monoisotopic (exact) mass is 301 g/mol. The minimum absolute atomic E-state index is 0.0471. The molecule has 1 aliphatic heterocycles. The van der Waals surface area contributed by atoms with Gasteiger partial charge in [0.1, 0.15) is 5.75 Å². The minimum atomic E-state index is 0.0471. The number of rotatable bonds is 3. The number of anilines is 1. The van der Waals surface area contributed by atoms with E-state index in [2.05, 4.69) is 0 Å². The molecule has 0 amide bonds. The molecule has 1 heterocycles. The van der Waals surface area contributed by atoms with Crippen LogP contribution in [0.3, 0.4) is 0 Å². The average Bonchev–Trinajstić information content (AvgIpc) is 2.47. The van der Waals surface area contributed by atoms with Gasteiger partial charge in [0, 0.05) is 22.7 Å². The molecule has 2 N–H and O–H groups in total. The molecule has 0 saturated heterocycles. The van der Waals surface area contributed by atoms with Crippen molar-refractivity contribution in [3.63, 3.8) is 0 Å². The molecule has 3 nitrogen and oxygen atoms in total. The highest BCUT2D eigenvalue weighted by atomic mass is 35.5. The van der Waals surface area contributed by atoms with Crippen molar-refractivity contribution >= 4 is 23.1 Å². The van der Waals surface area contributed by atoms with Gasteiger partial charge in [-0.3, -0.25) is 4.79 Å². The minimum Gasteiger partial charge on any atom is -0.493 e. The van der Waals surface area contributed by atoms with Crippen molar-refractivity contribution in [3.8, 4) is 5.75 Å². The van der Waals surface area contributed by atoms with Crippen LogP contribution in [0.25, 0.3) is 0 Å². The van der Waals surface area contributed by atoms with E-state index in [9.17, 15) is 4.79 Å². The molecule has 1 atom stereocenters. The molecule has 2 aromatic rings. The largest absolute Gasteiger partial charge is 0.493 e. The lowest BCUT2D eigenvalue weighted by Gasteiger charge is -2.25. The van der Waals surface area contributed by atoms with Gasteiger partial charge in [0.2, 0.25) is 0 Å². The van der Waals surface area contributed by atoms with E-state index in [1.165, 1.54) is 0 Å². The number of carbonyl (C=O) groups excluding carboxylic acids is 1. The number of Topliss-reactive ketones (excluding diaryl/α,β-unsaturated/α-hetero) is 1. The Morgan fingerprint density at radius 2 is 2.10 bits per heavy atom. The molecule has 1 aliphatic rings. The Morgan fingerprint density at radius 1 is 1.29 bits per heavy atom. The van der Waals surface area contributed by atoms with Crippen molar-refractivity contribution in [1.29, 1.82) is 0 Å². The molecule has 0 aromatic heterocycles. The molecule has 0 spiro atoms. The molecule has 2 aromatic carbocycles. The van der Waals surface area contributed by atoms with Gasteiger partial charge in [-0.1, -0.05) is 29.8 Å². The molecular weight excluding hydrogens is 286 g/mol. The zero-order valence-electron chi connectivity index (χ0n) is 11.5. The van der Waals surface area contributed by atoms with E-state index in [0.717, 1.165) is 17.7 Å². The van der Waals surface area contributed by atoms with E-state index in [-0.39, 0.29) is 11.7 Å². The van der Waals surface area contributed by atoms with E-state index in [0.29, 0.717) is 29.3 Å². The Bertz CT molecular complexity index is 684. The van der Waals surface area contributed by atoms with Gasteiger partial charge in [0.05, 0.1) is 6.61 Å². The number of ether oxygens (including phenoxy) is 1. The van der Waals surface area contributed by atoms with Gasteiger partial charge in [0.15, 0.2) is 5.78 Å². The topological polar surface area (TPSA) is 52.3 Å². The SMILES string of the molecule is Nc1cc(Cl)ccc1C(=O)CC1CCOc2ccccc21. The van der Waals surface area contributed by atoms with Crippen LogP contribution in [0.2, 0.25) is 5.02 Å². The lowest BCUT2D eigenvalue weighted by atomic mass is 9.87. The van der Waals surface area contributed by atoms with Crippen LogP contribution in [-0.2, 0) is 0 Å². The number of para-hydroxylation sites is 1. The fraction of sp³-hybridized carbons (Fsp3) is 0.235. The van der Waals surface area contributed by atoms with Crippen LogP contribution in [0.1, 0.15) is 34.7 Å². The summed E-state index contributed by atoms with van der Waals surface area (Å²) in [4.78, 5) is 12.5. The van der Waals surface area contributed by atoms with Crippen molar-refractivity contribution in [3.05, 3.63) is 58.6 Å². The van der Waals surface area contributed by atoms with E-state index in [1.807, 2.05) is 24.3 Å². The van der Waals surface area contributed by atoms with Gasteiger partial charge in [-0.15, -0.1) is 0 Å². The third kappa shape index (κ3) is 2.88. The average molecular weight is 302 g/mol. The number of nitrogens with two attached hydrogens (primary N) is 1. The van der Waals surface area contributed by atoms with E-state index < -0.39 is 0 Å². The second kappa shape index (κ2) is 5.78. The highest BCUT2D eigenvalue weighted by Crippen LogP contribution is 2.36. The number of hydrogen-bond donors (Lipinski definition) is 1. The van der Waals surface area contributed by atoms with Crippen molar-refractivity contribution < 1.29 is 9.53 Å². The maximum Gasteiger partial charge on any atom is 0.165 e. The van der Waals surface area contributed by atoms with Crippen LogP contribution in [0.5, 0.6) is 5.75 Å². The third-order valence-corrected chi connectivity index (χ3v) is 4.06. The molecule has 0 saturated carbocycles. The van der Waals surface area contributed by atoms with Crippen LogP contribution in [0, 0.1) is 0 Å². The van der Waals surface area contributed by atoms with E-state index in [4.69, 9.17) is 22.1 Å². The molecule has 0 bridgehead atoms. The molecule has 3 rings (SSSR count). The van der Waals surface area contributed by atoms with Crippen LogP contribution in [-0.4, -0.2) is 12.4 Å². The van der Waals surface area contributed by atoms with Gasteiger partial charge >= 0.3 is 0 Å². The zero-order chi connectivity index (χ0) is 14.8. The second-order valence-corrected chi connectivity index (χ2v) is 5.67. The van der Waals surface area contributed by atoms with Crippen LogP contribution in [0.15, 0.2) is 42.5 Å². The molecular formula is C17H16ClNO2. The van der Waals surface area contributed by atoms with Gasteiger partial charge in [-0.2, -0.15) is 0 Å². The molecule has 0 radical (unpaired) electrons. The standard InChI is InChI=1S/C17H16ClNO2/c18-12-5-6-14(15(19)10-12)16(20)9-11-7-8-21-17-4-2-1-3-13(11)17/h1-6,10-11H,7-9,19H2. The number of fused-ring (bicyclic) bond motifs is 1. The number of nitrogen functional groups attached to an aromatic ring is 1. The first-order valence-electron chi connectivity index (χ1n) is 6.95. The lowest BCUT2D eigenvalue weighted by molar-refractivity contribution is 0.0967. The van der Waals surface area contributed by atoms with E-state index >= 15 is 0 Å². The highest BCUT2D eigenvalue weighted by molar-refractivity contribution is 6.31. The Labute approximate surface area is 128 Å². The quantitative estimate of drug-likeness (QED) is 0.687. The second-order valence-electron chi connectivity index (χ2n) is 5.23.